The Morgan fingerprint density at radius 3 is 2.51 bits per heavy atom. The van der Waals surface area contributed by atoms with Crippen molar-refractivity contribution in [2.24, 2.45) is 0 Å². The van der Waals surface area contributed by atoms with Crippen LogP contribution in [0.5, 0.6) is 11.5 Å². The molecule has 4 N–H and O–H groups in total. The van der Waals surface area contributed by atoms with Gasteiger partial charge in [-0.05, 0) is 67.4 Å². The molecular weight excluding hydrogens is 608 g/mol. The van der Waals surface area contributed by atoms with Gasteiger partial charge in [0.2, 0.25) is 0 Å². The summed E-state index contributed by atoms with van der Waals surface area (Å²) in [6, 6.07) is 14.7. The van der Waals surface area contributed by atoms with Crippen LogP contribution in [-0.2, 0) is 20.8 Å². The summed E-state index contributed by atoms with van der Waals surface area (Å²) in [5.74, 6) is 1.16. The molecule has 10 nitrogen and oxygen atoms in total. The van der Waals surface area contributed by atoms with Crippen molar-refractivity contribution in [2.45, 2.75) is 34.8 Å². The number of piperidine rings is 1. The summed E-state index contributed by atoms with van der Waals surface area (Å²) in [5.41, 5.74) is 0.390. The van der Waals surface area contributed by atoms with Crippen molar-refractivity contribution < 1.29 is 27.6 Å². The summed E-state index contributed by atoms with van der Waals surface area (Å²) in [4.78, 5) is 7.05. The highest BCUT2D eigenvalue weighted by Gasteiger charge is 2.21. The minimum absolute atomic E-state index is 0.0517. The van der Waals surface area contributed by atoms with Gasteiger partial charge in [0.25, 0.3) is 10.0 Å². The SMILES string of the molecule is CS(=O)c1cc(OCC(O)CNC2CCN(c3ccc(NS(=O)(=O)c4ccc(Br)cc4)cn3)CC2)ccc1O. The van der Waals surface area contributed by atoms with Gasteiger partial charge < -0.3 is 25.2 Å². The van der Waals surface area contributed by atoms with Crippen LogP contribution >= 0.6 is 15.9 Å². The first-order chi connectivity index (χ1) is 18.6. The fraction of sp³-hybridized carbons (Fsp3) is 0.346. The van der Waals surface area contributed by atoms with Gasteiger partial charge in [0, 0.05) is 36.4 Å². The van der Waals surface area contributed by atoms with Crippen LogP contribution in [0.1, 0.15) is 12.8 Å². The number of hydrogen-bond donors (Lipinski definition) is 4. The van der Waals surface area contributed by atoms with Gasteiger partial charge in [-0.1, -0.05) is 15.9 Å². The number of benzene rings is 2. The Bertz CT molecular complexity index is 1380. The van der Waals surface area contributed by atoms with Crippen molar-refractivity contribution in [3.8, 4) is 11.5 Å². The van der Waals surface area contributed by atoms with Crippen LogP contribution in [0.2, 0.25) is 0 Å². The van der Waals surface area contributed by atoms with E-state index in [0.717, 1.165) is 36.2 Å². The van der Waals surface area contributed by atoms with Crippen molar-refractivity contribution in [1.82, 2.24) is 10.3 Å². The number of aromatic hydroxyl groups is 1. The molecule has 39 heavy (non-hydrogen) atoms. The molecule has 0 bridgehead atoms. The molecule has 4 rings (SSSR count). The molecule has 0 aliphatic carbocycles. The van der Waals surface area contributed by atoms with E-state index in [1.54, 1.807) is 30.3 Å². The van der Waals surface area contributed by atoms with Gasteiger partial charge in [-0.2, -0.15) is 0 Å². The lowest BCUT2D eigenvalue weighted by molar-refractivity contribution is 0.102. The Morgan fingerprint density at radius 1 is 1.15 bits per heavy atom. The predicted molar refractivity (Wildman–Crippen MR) is 154 cm³/mol. The van der Waals surface area contributed by atoms with Gasteiger partial charge in [0.15, 0.2) is 0 Å². The molecule has 1 saturated heterocycles. The third kappa shape index (κ3) is 8.15. The Kier molecular flexibility index (Phi) is 9.83. The second-order valence-electron chi connectivity index (χ2n) is 9.18. The number of nitrogens with zero attached hydrogens (tertiary/aromatic N) is 2. The fourth-order valence-electron chi connectivity index (χ4n) is 4.14. The molecule has 0 spiro atoms. The van der Waals surface area contributed by atoms with E-state index < -0.39 is 26.9 Å². The van der Waals surface area contributed by atoms with Crippen LogP contribution < -0.4 is 19.7 Å². The van der Waals surface area contributed by atoms with Crippen molar-refractivity contribution >= 4 is 48.3 Å². The van der Waals surface area contributed by atoms with Crippen LogP contribution in [0, 0.1) is 0 Å². The molecule has 13 heteroatoms. The predicted octanol–water partition coefficient (Wildman–Crippen LogP) is 3.09. The van der Waals surface area contributed by atoms with E-state index in [9.17, 15) is 22.8 Å². The van der Waals surface area contributed by atoms with E-state index in [2.05, 4.69) is 35.9 Å². The molecule has 1 aliphatic heterocycles. The van der Waals surface area contributed by atoms with E-state index >= 15 is 0 Å². The largest absolute Gasteiger partial charge is 0.507 e. The number of nitrogens with one attached hydrogen (secondary N) is 2. The normalized spacial score (nSPS) is 16.0. The Morgan fingerprint density at radius 2 is 1.87 bits per heavy atom. The maximum atomic E-state index is 12.6. The van der Waals surface area contributed by atoms with Gasteiger partial charge in [0.05, 0.1) is 32.5 Å². The van der Waals surface area contributed by atoms with Crippen LogP contribution in [0.25, 0.3) is 0 Å². The quantitative estimate of drug-likeness (QED) is 0.249. The number of halogens is 1. The number of rotatable bonds is 11. The Labute approximate surface area is 239 Å². The molecule has 0 amide bonds. The monoisotopic (exact) mass is 638 g/mol. The number of aliphatic hydroxyl groups is 1. The summed E-state index contributed by atoms with van der Waals surface area (Å²) in [6.45, 7) is 1.96. The lowest BCUT2D eigenvalue weighted by atomic mass is 10.0. The molecule has 2 aromatic carbocycles. The molecule has 1 fully saturated rings. The van der Waals surface area contributed by atoms with Crippen LogP contribution in [0.4, 0.5) is 11.5 Å². The average Bonchev–Trinajstić information content (AvgIpc) is 2.92. The van der Waals surface area contributed by atoms with E-state index in [-0.39, 0.29) is 28.2 Å². The molecule has 1 aliphatic rings. The van der Waals surface area contributed by atoms with Gasteiger partial charge >= 0.3 is 0 Å². The molecule has 2 unspecified atom stereocenters. The summed E-state index contributed by atoms with van der Waals surface area (Å²) in [5, 5.41) is 23.5. The zero-order valence-electron chi connectivity index (χ0n) is 21.3. The molecule has 210 valence electrons. The van der Waals surface area contributed by atoms with Crippen molar-refractivity contribution in [3.05, 3.63) is 65.3 Å². The Hall–Kier alpha value is -2.71. The Balaban J connectivity index is 1.20. The summed E-state index contributed by atoms with van der Waals surface area (Å²) < 4.78 is 45.8. The first kappa shape index (κ1) is 29.3. The van der Waals surface area contributed by atoms with Crippen LogP contribution in [0.3, 0.4) is 0 Å². The summed E-state index contributed by atoms with van der Waals surface area (Å²) >= 11 is 3.30. The molecule has 2 atom stereocenters. The van der Waals surface area contributed by atoms with E-state index in [4.69, 9.17) is 4.74 Å². The minimum atomic E-state index is -3.70. The third-order valence-corrected chi connectivity index (χ3v) is 9.14. The highest BCUT2D eigenvalue weighted by atomic mass is 79.9. The number of hydrogen-bond acceptors (Lipinski definition) is 9. The minimum Gasteiger partial charge on any atom is -0.507 e. The number of aromatic nitrogens is 1. The third-order valence-electron chi connectivity index (χ3n) is 6.27. The topological polar surface area (TPSA) is 141 Å². The molecule has 1 aromatic heterocycles. The van der Waals surface area contributed by atoms with Crippen LogP contribution in [0.15, 0.2) is 75.1 Å². The van der Waals surface area contributed by atoms with E-state index in [0.29, 0.717) is 18.0 Å². The number of phenols is 1. The first-order valence-electron chi connectivity index (χ1n) is 12.3. The number of ether oxygens (including phenoxy) is 1. The first-order valence-corrected chi connectivity index (χ1v) is 16.1. The number of sulfonamides is 1. The number of pyridine rings is 1. The van der Waals surface area contributed by atoms with Crippen molar-refractivity contribution in [1.29, 1.82) is 0 Å². The summed E-state index contributed by atoms with van der Waals surface area (Å²) in [7, 11) is -5.04. The highest BCUT2D eigenvalue weighted by molar-refractivity contribution is 9.10. The van der Waals surface area contributed by atoms with Crippen LogP contribution in [-0.4, -0.2) is 72.5 Å². The van der Waals surface area contributed by atoms with Gasteiger partial charge in [-0.25, -0.2) is 13.4 Å². The molecular formula is C26H31BrN4O6S2. The zero-order chi connectivity index (χ0) is 28.0. The average molecular weight is 640 g/mol. The standard InChI is InChI=1S/C26H31BrN4O6S2/c1-38(34)25-14-22(5-8-24(25)33)37-17-21(32)16-28-19-10-12-31(13-11-19)26-9-4-20(15-29-26)30-39(35,36)23-6-2-18(27)3-7-23/h2-9,14-15,19,21,28,30,32-33H,10-13,16-17H2,1H3. The van der Waals surface area contributed by atoms with Crippen molar-refractivity contribution in [2.75, 3.05) is 42.1 Å². The van der Waals surface area contributed by atoms with Gasteiger partial charge in [-0.3, -0.25) is 8.93 Å². The molecule has 0 radical (unpaired) electrons. The zero-order valence-corrected chi connectivity index (χ0v) is 24.5. The number of aliphatic hydroxyl groups excluding tert-OH is 1. The number of anilines is 2. The lowest BCUT2D eigenvalue weighted by Gasteiger charge is -2.33. The second-order valence-corrected chi connectivity index (χ2v) is 13.1. The van der Waals surface area contributed by atoms with E-state index in [1.165, 1.54) is 36.7 Å². The van der Waals surface area contributed by atoms with E-state index in [1.807, 2.05) is 0 Å². The summed E-state index contributed by atoms with van der Waals surface area (Å²) in [6.07, 6.45) is 3.97. The van der Waals surface area contributed by atoms with Crippen molar-refractivity contribution in [3.63, 3.8) is 0 Å². The highest BCUT2D eigenvalue weighted by Crippen LogP contribution is 2.26. The smallest absolute Gasteiger partial charge is 0.261 e. The van der Waals surface area contributed by atoms with Gasteiger partial charge in [-0.15, -0.1) is 0 Å². The second kappa shape index (κ2) is 13.1. The number of phenolic OH excluding ortho intramolecular Hbond substituents is 1. The fourth-order valence-corrected chi connectivity index (χ4v) is 6.09. The molecule has 0 saturated carbocycles. The van der Waals surface area contributed by atoms with Gasteiger partial charge in [0.1, 0.15) is 30.0 Å². The molecule has 3 aromatic rings. The lowest BCUT2D eigenvalue weighted by Crippen LogP contribution is -2.45. The molecule has 2 heterocycles. The maximum Gasteiger partial charge on any atom is 0.261 e. The maximum absolute atomic E-state index is 12.6.